The third-order valence-corrected chi connectivity index (χ3v) is 5.90. The molecule has 0 bridgehead atoms. The minimum absolute atomic E-state index is 0.0967. The predicted octanol–water partition coefficient (Wildman–Crippen LogP) is 1.92. The highest BCUT2D eigenvalue weighted by Gasteiger charge is 2.25. The Kier molecular flexibility index (Phi) is 4.51. The summed E-state index contributed by atoms with van der Waals surface area (Å²) in [5, 5.41) is 9.32. The predicted molar refractivity (Wildman–Crippen MR) is 85.5 cm³/mol. The summed E-state index contributed by atoms with van der Waals surface area (Å²) in [5.74, 6) is 0. The Morgan fingerprint density at radius 1 is 1.35 bits per heavy atom. The Labute approximate surface area is 124 Å². The minimum atomic E-state index is -3.75. The van der Waals surface area contributed by atoms with Gasteiger partial charge in [-0.1, -0.05) is 0 Å². The van der Waals surface area contributed by atoms with Gasteiger partial charge in [0.1, 0.15) is 0 Å². The Morgan fingerprint density at radius 2 is 2.05 bits per heavy atom. The van der Waals surface area contributed by atoms with Crippen LogP contribution in [0.25, 0.3) is 0 Å². The molecule has 1 fully saturated rings. The van der Waals surface area contributed by atoms with Crippen molar-refractivity contribution in [3.63, 3.8) is 0 Å². The lowest BCUT2D eigenvalue weighted by molar-refractivity contribution is 0.597. The van der Waals surface area contributed by atoms with E-state index in [2.05, 4.69) is 11.6 Å². The molecule has 20 heavy (non-hydrogen) atoms. The molecule has 0 spiro atoms. The van der Waals surface area contributed by atoms with E-state index in [-0.39, 0.29) is 4.90 Å². The van der Waals surface area contributed by atoms with E-state index in [9.17, 15) is 8.42 Å². The molecular formula is C13H21N3O2S2. The molecule has 2 atom stereocenters. The van der Waals surface area contributed by atoms with Crippen LogP contribution in [-0.2, 0) is 10.0 Å². The summed E-state index contributed by atoms with van der Waals surface area (Å²) in [4.78, 5) is 0.0967. The van der Waals surface area contributed by atoms with Crippen LogP contribution < -0.4 is 16.2 Å². The lowest BCUT2D eigenvalue weighted by atomic mass is 10.1. The van der Waals surface area contributed by atoms with Crippen molar-refractivity contribution in [3.8, 4) is 0 Å². The zero-order valence-corrected chi connectivity index (χ0v) is 13.4. The van der Waals surface area contributed by atoms with Crippen molar-refractivity contribution in [3.05, 3.63) is 17.7 Å². The van der Waals surface area contributed by atoms with Crippen LogP contribution in [0.15, 0.2) is 17.0 Å². The van der Waals surface area contributed by atoms with Crippen molar-refractivity contribution in [2.75, 3.05) is 17.3 Å². The SMILES string of the molecule is CSC1CCC(Nc2cc(N)cc(S(N)(=O)=O)c2C)C1. The van der Waals surface area contributed by atoms with Crippen LogP contribution in [0.3, 0.4) is 0 Å². The molecule has 1 aliphatic rings. The normalized spacial score (nSPS) is 22.9. The van der Waals surface area contributed by atoms with Gasteiger partial charge in [-0.15, -0.1) is 0 Å². The van der Waals surface area contributed by atoms with E-state index in [1.54, 1.807) is 13.0 Å². The van der Waals surface area contributed by atoms with Crippen LogP contribution in [0.2, 0.25) is 0 Å². The van der Waals surface area contributed by atoms with Crippen molar-refractivity contribution < 1.29 is 8.42 Å². The number of nitrogens with one attached hydrogen (secondary N) is 1. The first-order chi connectivity index (χ1) is 9.31. The van der Waals surface area contributed by atoms with Gasteiger partial charge in [-0.3, -0.25) is 0 Å². The number of sulfonamides is 1. The largest absolute Gasteiger partial charge is 0.399 e. The second kappa shape index (κ2) is 5.83. The van der Waals surface area contributed by atoms with Gasteiger partial charge in [0, 0.05) is 22.7 Å². The fraction of sp³-hybridized carbons (Fsp3) is 0.538. The average molecular weight is 315 g/mol. The Bertz CT molecular complexity index is 602. The molecule has 5 nitrogen and oxygen atoms in total. The fourth-order valence-corrected chi connectivity index (χ4v) is 4.29. The maximum absolute atomic E-state index is 11.6. The Balaban J connectivity index is 2.27. The second-order valence-electron chi connectivity index (χ2n) is 5.25. The standard InChI is InChI=1S/C13H21N3O2S2/c1-8-12(16-10-3-4-11(7-10)19-2)5-9(14)6-13(8)20(15,17)18/h5-6,10-11,16H,3-4,7,14H2,1-2H3,(H2,15,17,18). The lowest BCUT2D eigenvalue weighted by Gasteiger charge is -2.18. The molecule has 0 radical (unpaired) electrons. The summed E-state index contributed by atoms with van der Waals surface area (Å²) in [6.45, 7) is 1.75. The third-order valence-electron chi connectivity index (χ3n) is 3.77. The number of benzene rings is 1. The van der Waals surface area contributed by atoms with Crippen molar-refractivity contribution in [2.45, 2.75) is 42.4 Å². The maximum Gasteiger partial charge on any atom is 0.238 e. The molecule has 5 N–H and O–H groups in total. The van der Waals surface area contributed by atoms with E-state index in [0.717, 1.165) is 18.5 Å². The number of hydrogen-bond donors (Lipinski definition) is 3. The average Bonchev–Trinajstić information content (AvgIpc) is 2.79. The van der Waals surface area contributed by atoms with E-state index in [4.69, 9.17) is 10.9 Å². The van der Waals surface area contributed by atoms with Crippen LogP contribution in [0.4, 0.5) is 11.4 Å². The highest BCUT2D eigenvalue weighted by molar-refractivity contribution is 7.99. The number of thioether (sulfide) groups is 1. The van der Waals surface area contributed by atoms with Crippen LogP contribution in [0, 0.1) is 6.92 Å². The van der Waals surface area contributed by atoms with Crippen molar-refractivity contribution in [1.82, 2.24) is 0 Å². The van der Waals surface area contributed by atoms with Crippen molar-refractivity contribution >= 4 is 33.2 Å². The highest BCUT2D eigenvalue weighted by Crippen LogP contribution is 2.33. The summed E-state index contributed by atoms with van der Waals surface area (Å²) in [6, 6.07) is 3.55. The number of nitrogens with two attached hydrogens (primary N) is 2. The van der Waals surface area contributed by atoms with Crippen LogP contribution in [-0.4, -0.2) is 26.0 Å². The summed E-state index contributed by atoms with van der Waals surface area (Å²) in [7, 11) is -3.75. The first-order valence-corrected chi connectivity index (χ1v) is 9.37. The van der Waals surface area contributed by atoms with Crippen molar-refractivity contribution in [1.29, 1.82) is 0 Å². The molecule has 7 heteroatoms. The summed E-state index contributed by atoms with van der Waals surface area (Å²) < 4.78 is 23.2. The van der Waals surface area contributed by atoms with E-state index >= 15 is 0 Å². The van der Waals surface area contributed by atoms with Gasteiger partial charge < -0.3 is 11.1 Å². The first kappa shape index (κ1) is 15.5. The van der Waals surface area contributed by atoms with E-state index < -0.39 is 10.0 Å². The van der Waals surface area contributed by atoms with Gasteiger partial charge in [-0.25, -0.2) is 13.6 Å². The van der Waals surface area contributed by atoms with E-state index in [0.29, 0.717) is 22.5 Å². The zero-order chi connectivity index (χ0) is 14.9. The summed E-state index contributed by atoms with van der Waals surface area (Å²) >= 11 is 1.88. The Hall–Kier alpha value is -0.920. The number of nitrogen functional groups attached to an aromatic ring is 1. The highest BCUT2D eigenvalue weighted by atomic mass is 32.2. The molecule has 1 aliphatic carbocycles. The molecule has 0 saturated heterocycles. The van der Waals surface area contributed by atoms with Gasteiger partial charge in [0.05, 0.1) is 4.90 Å². The van der Waals surface area contributed by atoms with Crippen LogP contribution in [0.5, 0.6) is 0 Å². The van der Waals surface area contributed by atoms with Gasteiger partial charge >= 0.3 is 0 Å². The summed E-state index contributed by atoms with van der Waals surface area (Å²) in [5.41, 5.74) is 7.59. The molecule has 2 unspecified atom stereocenters. The quantitative estimate of drug-likeness (QED) is 0.737. The van der Waals surface area contributed by atoms with E-state index in [1.165, 1.54) is 12.5 Å². The molecule has 2 rings (SSSR count). The van der Waals surface area contributed by atoms with Gasteiger partial charge in [-0.2, -0.15) is 11.8 Å². The lowest BCUT2D eigenvalue weighted by Crippen LogP contribution is -2.19. The molecule has 1 aromatic carbocycles. The molecule has 1 aromatic rings. The van der Waals surface area contributed by atoms with Gasteiger partial charge in [0.15, 0.2) is 0 Å². The number of anilines is 2. The molecule has 0 amide bonds. The van der Waals surface area contributed by atoms with Gasteiger partial charge in [0.2, 0.25) is 10.0 Å². The fourth-order valence-electron chi connectivity index (χ4n) is 2.66. The Morgan fingerprint density at radius 3 is 2.60 bits per heavy atom. The molecular weight excluding hydrogens is 294 g/mol. The molecule has 0 heterocycles. The second-order valence-corrected chi connectivity index (χ2v) is 7.92. The maximum atomic E-state index is 11.6. The minimum Gasteiger partial charge on any atom is -0.399 e. The van der Waals surface area contributed by atoms with Gasteiger partial charge in [0.25, 0.3) is 0 Å². The van der Waals surface area contributed by atoms with E-state index in [1.807, 2.05) is 11.8 Å². The number of primary sulfonamides is 1. The molecule has 1 saturated carbocycles. The van der Waals surface area contributed by atoms with Crippen molar-refractivity contribution in [2.24, 2.45) is 5.14 Å². The smallest absolute Gasteiger partial charge is 0.238 e. The number of hydrogen-bond acceptors (Lipinski definition) is 5. The molecule has 0 aromatic heterocycles. The van der Waals surface area contributed by atoms with Crippen LogP contribution >= 0.6 is 11.8 Å². The summed E-state index contributed by atoms with van der Waals surface area (Å²) in [6.07, 6.45) is 5.48. The zero-order valence-electron chi connectivity index (χ0n) is 11.7. The number of rotatable bonds is 4. The molecule has 0 aliphatic heterocycles. The molecule has 112 valence electrons. The monoisotopic (exact) mass is 315 g/mol. The first-order valence-electron chi connectivity index (χ1n) is 6.53. The topological polar surface area (TPSA) is 98.2 Å². The van der Waals surface area contributed by atoms with Gasteiger partial charge in [-0.05, 0) is 50.1 Å². The third kappa shape index (κ3) is 3.39. The van der Waals surface area contributed by atoms with Crippen LogP contribution in [0.1, 0.15) is 24.8 Å².